The lowest BCUT2D eigenvalue weighted by atomic mass is 10.4. The molecular formula is C10H11N3O2. The maximum Gasteiger partial charge on any atom is 0.250 e. The Kier molecular flexibility index (Phi) is 4.10. The van der Waals surface area contributed by atoms with Gasteiger partial charge in [-0.3, -0.25) is 9.59 Å². The van der Waals surface area contributed by atoms with E-state index in [4.69, 9.17) is 5.26 Å². The first-order chi connectivity index (χ1) is 7.24. The third kappa shape index (κ3) is 3.65. The topological polar surface area (TPSA) is 74.9 Å². The van der Waals surface area contributed by atoms with Crippen molar-refractivity contribution in [2.45, 2.75) is 13.0 Å². The predicted molar refractivity (Wildman–Crippen MR) is 53.9 cm³/mol. The van der Waals surface area contributed by atoms with Gasteiger partial charge >= 0.3 is 0 Å². The van der Waals surface area contributed by atoms with Crippen LogP contribution in [0.1, 0.15) is 6.42 Å². The van der Waals surface area contributed by atoms with Crippen LogP contribution in [0.2, 0.25) is 0 Å². The standard InChI is InChI=1S/C10H11N3O2/c11-5-3-6-12-9(14)8-13-7-2-1-4-10(13)15/h1-2,4,7H,3,6,8H2,(H,12,14). The number of carbonyl (C=O) groups excluding carboxylic acids is 1. The van der Waals surface area contributed by atoms with Crippen LogP contribution in [0.25, 0.3) is 0 Å². The highest BCUT2D eigenvalue weighted by Crippen LogP contribution is 1.82. The smallest absolute Gasteiger partial charge is 0.250 e. The summed E-state index contributed by atoms with van der Waals surface area (Å²) in [5.74, 6) is -0.265. The average molecular weight is 205 g/mol. The van der Waals surface area contributed by atoms with Gasteiger partial charge in [-0.25, -0.2) is 0 Å². The summed E-state index contributed by atoms with van der Waals surface area (Å²) in [6, 6.07) is 6.61. The summed E-state index contributed by atoms with van der Waals surface area (Å²) in [4.78, 5) is 22.5. The van der Waals surface area contributed by atoms with Crippen LogP contribution >= 0.6 is 0 Å². The third-order valence-electron chi connectivity index (χ3n) is 1.77. The van der Waals surface area contributed by atoms with Gasteiger partial charge in [-0.05, 0) is 6.07 Å². The quantitative estimate of drug-likeness (QED) is 0.696. The molecule has 0 spiro atoms. The second-order valence-electron chi connectivity index (χ2n) is 2.92. The molecule has 1 N–H and O–H groups in total. The second kappa shape index (κ2) is 5.60. The largest absolute Gasteiger partial charge is 0.354 e. The normalized spacial score (nSPS) is 9.27. The van der Waals surface area contributed by atoms with E-state index < -0.39 is 0 Å². The Hall–Kier alpha value is -2.09. The summed E-state index contributed by atoms with van der Waals surface area (Å²) >= 11 is 0. The fourth-order valence-corrected chi connectivity index (χ4v) is 1.06. The van der Waals surface area contributed by atoms with Crippen LogP contribution in [0, 0.1) is 11.3 Å². The molecule has 0 atom stereocenters. The zero-order valence-corrected chi connectivity index (χ0v) is 8.14. The second-order valence-corrected chi connectivity index (χ2v) is 2.92. The molecular weight excluding hydrogens is 194 g/mol. The van der Waals surface area contributed by atoms with Gasteiger partial charge in [-0.2, -0.15) is 5.26 Å². The summed E-state index contributed by atoms with van der Waals surface area (Å²) in [6.45, 7) is 0.308. The van der Waals surface area contributed by atoms with Crippen molar-refractivity contribution >= 4 is 5.91 Å². The minimum Gasteiger partial charge on any atom is -0.354 e. The maximum absolute atomic E-state index is 11.3. The lowest BCUT2D eigenvalue weighted by molar-refractivity contribution is -0.121. The molecule has 0 fully saturated rings. The molecule has 1 rings (SSSR count). The van der Waals surface area contributed by atoms with E-state index in [0.29, 0.717) is 6.54 Å². The van der Waals surface area contributed by atoms with E-state index in [0.717, 1.165) is 0 Å². The Labute approximate surface area is 87.0 Å². The number of carbonyl (C=O) groups is 1. The monoisotopic (exact) mass is 205 g/mol. The Bertz CT molecular complexity index is 431. The molecule has 0 aliphatic heterocycles. The van der Waals surface area contributed by atoms with Gasteiger partial charge in [0.05, 0.1) is 12.5 Å². The molecule has 0 radical (unpaired) electrons. The van der Waals surface area contributed by atoms with E-state index in [1.54, 1.807) is 18.3 Å². The number of hydrogen-bond acceptors (Lipinski definition) is 3. The minimum atomic E-state index is -0.265. The van der Waals surface area contributed by atoms with E-state index in [9.17, 15) is 9.59 Å². The van der Waals surface area contributed by atoms with Gasteiger partial charge in [-0.15, -0.1) is 0 Å². The van der Waals surface area contributed by atoms with Crippen LogP contribution in [0.4, 0.5) is 0 Å². The third-order valence-corrected chi connectivity index (χ3v) is 1.77. The minimum absolute atomic E-state index is 0.00883. The van der Waals surface area contributed by atoms with Gasteiger partial charge in [0.2, 0.25) is 5.91 Å². The Balaban J connectivity index is 2.49. The molecule has 0 bridgehead atoms. The lowest BCUT2D eigenvalue weighted by Crippen LogP contribution is -2.32. The first kappa shape index (κ1) is 11.0. The summed E-state index contributed by atoms with van der Waals surface area (Å²) in [5.41, 5.74) is -0.215. The van der Waals surface area contributed by atoms with E-state index in [1.165, 1.54) is 10.6 Å². The van der Waals surface area contributed by atoms with Crippen molar-refractivity contribution in [1.29, 1.82) is 5.26 Å². The molecule has 1 aromatic rings. The SMILES string of the molecule is N#CCCNC(=O)Cn1ccccc1=O. The molecule has 15 heavy (non-hydrogen) atoms. The number of rotatable bonds is 4. The molecule has 1 amide bonds. The fraction of sp³-hybridized carbons (Fsp3) is 0.300. The number of hydrogen-bond donors (Lipinski definition) is 1. The van der Waals surface area contributed by atoms with Crippen LogP contribution < -0.4 is 10.9 Å². The zero-order chi connectivity index (χ0) is 11.1. The lowest BCUT2D eigenvalue weighted by Gasteiger charge is -2.04. The van der Waals surface area contributed by atoms with Crippen molar-refractivity contribution < 1.29 is 4.79 Å². The highest BCUT2D eigenvalue weighted by molar-refractivity contribution is 5.75. The van der Waals surface area contributed by atoms with Crippen molar-refractivity contribution in [2.24, 2.45) is 0 Å². The average Bonchev–Trinajstić information content (AvgIpc) is 2.22. The maximum atomic E-state index is 11.3. The predicted octanol–water partition coefficient (Wildman–Crippen LogP) is -0.122. The van der Waals surface area contributed by atoms with Gasteiger partial charge in [0.15, 0.2) is 0 Å². The zero-order valence-electron chi connectivity index (χ0n) is 8.14. The van der Waals surface area contributed by atoms with Crippen LogP contribution in [-0.2, 0) is 11.3 Å². The molecule has 0 unspecified atom stereocenters. The molecule has 0 aliphatic rings. The van der Waals surface area contributed by atoms with Gasteiger partial charge < -0.3 is 9.88 Å². The Morgan fingerprint density at radius 2 is 2.33 bits per heavy atom. The van der Waals surface area contributed by atoms with Crippen molar-refractivity contribution in [3.63, 3.8) is 0 Å². The molecule has 0 saturated heterocycles. The van der Waals surface area contributed by atoms with Crippen LogP contribution in [0.5, 0.6) is 0 Å². The number of amides is 1. The molecule has 0 aromatic carbocycles. The summed E-state index contributed by atoms with van der Waals surface area (Å²) in [6.07, 6.45) is 1.82. The summed E-state index contributed by atoms with van der Waals surface area (Å²) in [7, 11) is 0. The van der Waals surface area contributed by atoms with E-state index >= 15 is 0 Å². The number of nitriles is 1. The highest BCUT2D eigenvalue weighted by atomic mass is 16.2. The Morgan fingerprint density at radius 1 is 1.53 bits per heavy atom. The number of nitrogens with zero attached hydrogens (tertiary/aromatic N) is 2. The van der Waals surface area contributed by atoms with Crippen molar-refractivity contribution in [2.75, 3.05) is 6.54 Å². The number of aromatic nitrogens is 1. The molecule has 5 heteroatoms. The molecule has 0 saturated carbocycles. The van der Waals surface area contributed by atoms with Crippen molar-refractivity contribution in [1.82, 2.24) is 9.88 Å². The van der Waals surface area contributed by atoms with Crippen LogP contribution in [0.3, 0.4) is 0 Å². The molecule has 1 aromatic heterocycles. The highest BCUT2D eigenvalue weighted by Gasteiger charge is 2.01. The Morgan fingerprint density at radius 3 is 3.00 bits per heavy atom. The first-order valence-electron chi connectivity index (χ1n) is 4.53. The van der Waals surface area contributed by atoms with E-state index in [1.807, 2.05) is 6.07 Å². The molecule has 1 heterocycles. The van der Waals surface area contributed by atoms with Gasteiger partial charge in [0.1, 0.15) is 6.54 Å². The first-order valence-corrected chi connectivity index (χ1v) is 4.53. The van der Waals surface area contributed by atoms with Crippen molar-refractivity contribution in [3.05, 3.63) is 34.7 Å². The number of nitrogens with one attached hydrogen (secondary N) is 1. The van der Waals surface area contributed by atoms with E-state index in [-0.39, 0.29) is 24.4 Å². The number of pyridine rings is 1. The van der Waals surface area contributed by atoms with Crippen LogP contribution in [0.15, 0.2) is 29.2 Å². The molecule has 78 valence electrons. The van der Waals surface area contributed by atoms with E-state index in [2.05, 4.69) is 5.32 Å². The molecule has 5 nitrogen and oxygen atoms in total. The van der Waals surface area contributed by atoms with Gasteiger partial charge in [0, 0.05) is 18.8 Å². The van der Waals surface area contributed by atoms with Crippen molar-refractivity contribution in [3.8, 4) is 6.07 Å². The summed E-state index contributed by atoms with van der Waals surface area (Å²) in [5, 5.41) is 10.8. The molecule has 0 aliphatic carbocycles. The van der Waals surface area contributed by atoms with Gasteiger partial charge in [0.25, 0.3) is 5.56 Å². The summed E-state index contributed by atoms with van der Waals surface area (Å²) < 4.78 is 1.31. The van der Waals surface area contributed by atoms with Crippen LogP contribution in [-0.4, -0.2) is 17.0 Å². The fourth-order valence-electron chi connectivity index (χ4n) is 1.06. The van der Waals surface area contributed by atoms with Gasteiger partial charge in [-0.1, -0.05) is 6.07 Å².